The van der Waals surface area contributed by atoms with Crippen LogP contribution < -0.4 is 16.0 Å². The van der Waals surface area contributed by atoms with Crippen molar-refractivity contribution in [3.8, 4) is 0 Å². The Kier molecular flexibility index (Phi) is 4.81. The van der Waals surface area contributed by atoms with Gasteiger partial charge in [-0.05, 0) is 29.9 Å². The summed E-state index contributed by atoms with van der Waals surface area (Å²) < 4.78 is 7.02. The van der Waals surface area contributed by atoms with E-state index in [-0.39, 0.29) is 18.6 Å². The highest BCUT2D eigenvalue weighted by molar-refractivity contribution is 6.00. The predicted octanol–water partition coefficient (Wildman–Crippen LogP) is 0.208. The number of amides is 1. The zero-order chi connectivity index (χ0) is 19.5. The quantitative estimate of drug-likeness (QED) is 0.567. The highest BCUT2D eigenvalue weighted by Gasteiger charge is 2.25. The number of nitrogens with zero attached hydrogens (tertiary/aromatic N) is 3. The summed E-state index contributed by atoms with van der Waals surface area (Å²) in [4.78, 5) is 17.0. The molecule has 1 aliphatic carbocycles. The maximum Gasteiger partial charge on any atom is 0.261 e. The van der Waals surface area contributed by atoms with Crippen LogP contribution in [-0.2, 0) is 4.74 Å². The number of fused-ring (bicyclic) bond motifs is 2. The van der Waals surface area contributed by atoms with Crippen LogP contribution in [-0.4, -0.2) is 51.9 Å². The Bertz CT molecular complexity index is 1030. The molecule has 0 bridgehead atoms. The van der Waals surface area contributed by atoms with E-state index in [0.717, 1.165) is 11.4 Å². The fraction of sp³-hybridized carbons (Fsp3) is 0.211. The second kappa shape index (κ2) is 7.57. The average molecular weight is 380 g/mol. The maximum atomic E-state index is 12.8. The molecule has 9 nitrogen and oxygen atoms in total. The zero-order valence-electron chi connectivity index (χ0n) is 15.2. The molecule has 1 atom stereocenters. The molecule has 1 aliphatic heterocycles. The van der Waals surface area contributed by atoms with Gasteiger partial charge in [0.2, 0.25) is 0 Å². The molecule has 3 heterocycles. The summed E-state index contributed by atoms with van der Waals surface area (Å²) in [5.74, 6) is 1.05. The number of aliphatic hydroxyl groups excluding tert-OH is 1. The smallest absolute Gasteiger partial charge is 0.261 e. The van der Waals surface area contributed by atoms with Gasteiger partial charge in [0.25, 0.3) is 5.91 Å². The Balaban J connectivity index is 1.58. The van der Waals surface area contributed by atoms with E-state index in [0.29, 0.717) is 29.2 Å². The van der Waals surface area contributed by atoms with Crippen molar-refractivity contribution in [1.29, 1.82) is 0 Å². The van der Waals surface area contributed by atoms with E-state index in [1.165, 1.54) is 6.20 Å². The van der Waals surface area contributed by atoms with Crippen LogP contribution in [0.25, 0.3) is 5.65 Å². The number of dihydropyridines is 1. The minimum atomic E-state index is -0.313. The van der Waals surface area contributed by atoms with Crippen molar-refractivity contribution in [2.24, 2.45) is 0 Å². The van der Waals surface area contributed by atoms with Crippen molar-refractivity contribution in [3.63, 3.8) is 0 Å². The Morgan fingerprint density at radius 1 is 1.43 bits per heavy atom. The standard InChI is InChI=1S/C19H20N6O3/c1-28-16-10-14-12(3-4-17(23-14)20-6-8-26)9-15(16)24-19(27)13-11-22-25-7-2-5-21-18(13)25/h2-5,7,9-11,14,20,23,26H,6,8H2,1H3,(H,24,27). The van der Waals surface area contributed by atoms with Gasteiger partial charge in [-0.1, -0.05) is 6.08 Å². The van der Waals surface area contributed by atoms with E-state index in [1.807, 2.05) is 24.3 Å². The molecule has 2 aromatic heterocycles. The molecule has 0 spiro atoms. The molecule has 4 N–H and O–H groups in total. The summed E-state index contributed by atoms with van der Waals surface area (Å²) in [5, 5.41) is 22.4. The van der Waals surface area contributed by atoms with E-state index in [9.17, 15) is 4.79 Å². The van der Waals surface area contributed by atoms with Gasteiger partial charge >= 0.3 is 0 Å². The number of aromatic nitrogens is 3. The van der Waals surface area contributed by atoms with Crippen molar-refractivity contribution in [2.75, 3.05) is 20.3 Å². The fourth-order valence-corrected chi connectivity index (χ4v) is 3.09. The van der Waals surface area contributed by atoms with Crippen LogP contribution in [0.1, 0.15) is 10.4 Å². The number of aliphatic hydroxyl groups is 1. The summed E-state index contributed by atoms with van der Waals surface area (Å²) >= 11 is 0. The van der Waals surface area contributed by atoms with Crippen molar-refractivity contribution in [1.82, 2.24) is 30.5 Å². The average Bonchev–Trinajstić information content (AvgIpc) is 3.16. The molecule has 144 valence electrons. The Morgan fingerprint density at radius 2 is 2.32 bits per heavy atom. The number of carbonyl (C=O) groups excluding carboxylic acids is 1. The fourth-order valence-electron chi connectivity index (χ4n) is 3.09. The molecular weight excluding hydrogens is 360 g/mol. The van der Waals surface area contributed by atoms with Gasteiger partial charge in [0, 0.05) is 18.9 Å². The van der Waals surface area contributed by atoms with E-state index in [4.69, 9.17) is 9.84 Å². The zero-order valence-corrected chi connectivity index (χ0v) is 15.2. The minimum absolute atomic E-state index is 0.0495. The van der Waals surface area contributed by atoms with Crippen molar-refractivity contribution in [3.05, 3.63) is 77.4 Å². The molecule has 0 saturated heterocycles. The van der Waals surface area contributed by atoms with E-state index >= 15 is 0 Å². The topological polar surface area (TPSA) is 113 Å². The Morgan fingerprint density at radius 3 is 3.14 bits per heavy atom. The normalized spacial score (nSPS) is 18.1. The van der Waals surface area contributed by atoms with Gasteiger partial charge in [-0.15, -0.1) is 0 Å². The first-order valence-corrected chi connectivity index (χ1v) is 8.80. The highest BCUT2D eigenvalue weighted by atomic mass is 16.5. The van der Waals surface area contributed by atoms with E-state index < -0.39 is 0 Å². The minimum Gasteiger partial charge on any atom is -0.495 e. The van der Waals surface area contributed by atoms with Crippen LogP contribution in [0.3, 0.4) is 0 Å². The number of allylic oxidation sites excluding steroid dienone is 2. The lowest BCUT2D eigenvalue weighted by Crippen LogP contribution is -2.40. The molecule has 28 heavy (non-hydrogen) atoms. The van der Waals surface area contributed by atoms with Gasteiger partial charge in [0.05, 0.1) is 37.5 Å². The monoisotopic (exact) mass is 380 g/mol. The molecule has 0 radical (unpaired) electrons. The molecule has 2 aromatic rings. The Hall–Kier alpha value is -3.59. The molecule has 1 unspecified atom stereocenters. The number of methoxy groups -OCH3 is 1. The summed E-state index contributed by atoms with van der Waals surface area (Å²) in [6, 6.07) is 1.65. The molecule has 0 aromatic carbocycles. The third-order valence-electron chi connectivity index (χ3n) is 4.43. The Labute approximate surface area is 161 Å². The predicted molar refractivity (Wildman–Crippen MR) is 102 cm³/mol. The molecule has 1 amide bonds. The molecular formula is C19H20N6O3. The maximum absolute atomic E-state index is 12.8. The number of ether oxygens (including phenoxy) is 1. The third kappa shape index (κ3) is 3.35. The van der Waals surface area contributed by atoms with Gasteiger partial charge in [0.15, 0.2) is 5.65 Å². The van der Waals surface area contributed by atoms with Crippen LogP contribution in [0.5, 0.6) is 0 Å². The lowest BCUT2D eigenvalue weighted by molar-refractivity contribution is 0.0964. The van der Waals surface area contributed by atoms with Gasteiger partial charge in [-0.3, -0.25) is 4.79 Å². The van der Waals surface area contributed by atoms with Crippen LogP contribution >= 0.6 is 0 Å². The van der Waals surface area contributed by atoms with Crippen LogP contribution in [0.15, 0.2) is 71.8 Å². The number of rotatable bonds is 6. The summed E-state index contributed by atoms with van der Waals surface area (Å²) in [5.41, 5.74) is 2.40. The first kappa shape index (κ1) is 17.8. The van der Waals surface area contributed by atoms with Crippen molar-refractivity contribution >= 4 is 11.6 Å². The number of hydrogen-bond acceptors (Lipinski definition) is 7. The number of carbonyl (C=O) groups is 1. The van der Waals surface area contributed by atoms with Crippen molar-refractivity contribution < 1.29 is 14.6 Å². The summed E-state index contributed by atoms with van der Waals surface area (Å²) in [6.07, 6.45) is 12.4. The van der Waals surface area contributed by atoms with Crippen LogP contribution in [0.4, 0.5) is 0 Å². The number of hydrogen-bond donors (Lipinski definition) is 4. The SMILES string of the molecule is COC1=CC2NC(NCCO)=CC=C2C=C1NC(=O)c1cnn2cccnc12. The lowest BCUT2D eigenvalue weighted by atomic mass is 9.96. The van der Waals surface area contributed by atoms with Crippen molar-refractivity contribution in [2.45, 2.75) is 6.04 Å². The summed E-state index contributed by atoms with van der Waals surface area (Å²) in [6.45, 7) is 0.508. The second-order valence-corrected chi connectivity index (χ2v) is 6.21. The number of nitrogens with one attached hydrogen (secondary N) is 3. The molecule has 0 fully saturated rings. The molecule has 0 saturated carbocycles. The summed E-state index contributed by atoms with van der Waals surface area (Å²) in [7, 11) is 1.56. The highest BCUT2D eigenvalue weighted by Crippen LogP contribution is 2.25. The second-order valence-electron chi connectivity index (χ2n) is 6.21. The third-order valence-corrected chi connectivity index (χ3v) is 4.43. The van der Waals surface area contributed by atoms with E-state index in [2.05, 4.69) is 26.0 Å². The van der Waals surface area contributed by atoms with Gasteiger partial charge in [-0.2, -0.15) is 5.10 Å². The van der Waals surface area contributed by atoms with Crippen LogP contribution in [0.2, 0.25) is 0 Å². The molecule has 4 rings (SSSR count). The van der Waals surface area contributed by atoms with E-state index in [1.54, 1.807) is 30.1 Å². The largest absolute Gasteiger partial charge is 0.495 e. The van der Waals surface area contributed by atoms with Crippen LogP contribution in [0, 0.1) is 0 Å². The van der Waals surface area contributed by atoms with Gasteiger partial charge < -0.3 is 25.8 Å². The van der Waals surface area contributed by atoms with Gasteiger partial charge in [-0.25, -0.2) is 9.50 Å². The molecule has 9 heteroatoms. The first-order valence-electron chi connectivity index (χ1n) is 8.80. The van der Waals surface area contributed by atoms with Gasteiger partial charge in [0.1, 0.15) is 11.3 Å². The first-order chi connectivity index (χ1) is 13.7. The lowest BCUT2D eigenvalue weighted by Gasteiger charge is -2.29. The molecule has 2 aliphatic rings.